The molecule has 10 nitrogen and oxygen atoms in total. The lowest BCUT2D eigenvalue weighted by Gasteiger charge is -2.33. The summed E-state index contributed by atoms with van der Waals surface area (Å²) in [5.74, 6) is -0.0695. The number of sulfonamides is 1. The van der Waals surface area contributed by atoms with Crippen molar-refractivity contribution in [1.29, 1.82) is 0 Å². The van der Waals surface area contributed by atoms with Gasteiger partial charge in [-0.05, 0) is 30.9 Å². The second-order valence-corrected chi connectivity index (χ2v) is 9.29. The van der Waals surface area contributed by atoms with Gasteiger partial charge >= 0.3 is 0 Å². The molecule has 3 N–H and O–H groups in total. The van der Waals surface area contributed by atoms with E-state index < -0.39 is 26.9 Å². The average Bonchev–Trinajstić information content (AvgIpc) is 2.68. The Morgan fingerprint density at radius 1 is 1.29 bits per heavy atom. The second-order valence-electron chi connectivity index (χ2n) is 7.35. The molecule has 1 atom stereocenters. The molecule has 2 saturated heterocycles. The lowest BCUT2D eigenvalue weighted by Crippen LogP contribution is -2.56. The van der Waals surface area contributed by atoms with Crippen LogP contribution in [0, 0.1) is 16.0 Å². The van der Waals surface area contributed by atoms with Gasteiger partial charge in [0.05, 0.1) is 9.82 Å². The van der Waals surface area contributed by atoms with E-state index in [2.05, 4.69) is 12.2 Å². The highest BCUT2D eigenvalue weighted by molar-refractivity contribution is 7.89. The minimum Gasteiger partial charge on any atom is -0.368 e. The van der Waals surface area contributed by atoms with Gasteiger partial charge in [-0.25, -0.2) is 8.42 Å². The zero-order valence-corrected chi connectivity index (χ0v) is 16.5. The Hall–Kier alpha value is -2.24. The van der Waals surface area contributed by atoms with Crippen LogP contribution >= 0.6 is 0 Å². The molecule has 11 heteroatoms. The van der Waals surface area contributed by atoms with Crippen molar-refractivity contribution in [1.82, 2.24) is 9.62 Å². The van der Waals surface area contributed by atoms with Crippen molar-refractivity contribution in [2.45, 2.75) is 30.7 Å². The van der Waals surface area contributed by atoms with E-state index in [1.54, 1.807) is 4.90 Å². The summed E-state index contributed by atoms with van der Waals surface area (Å²) < 4.78 is 27.2. The Bertz CT molecular complexity index is 867. The maximum Gasteiger partial charge on any atom is 0.293 e. The predicted molar refractivity (Wildman–Crippen MR) is 103 cm³/mol. The molecule has 0 spiro atoms. The van der Waals surface area contributed by atoms with Gasteiger partial charge in [-0.1, -0.05) is 6.92 Å². The van der Waals surface area contributed by atoms with E-state index in [4.69, 9.17) is 5.73 Å². The number of hydrogen-bond acceptors (Lipinski definition) is 7. The van der Waals surface area contributed by atoms with E-state index in [1.165, 1.54) is 16.4 Å². The average molecular weight is 411 g/mol. The number of carbonyl (C=O) groups is 1. The van der Waals surface area contributed by atoms with Gasteiger partial charge in [-0.15, -0.1) is 0 Å². The van der Waals surface area contributed by atoms with Gasteiger partial charge in [-0.3, -0.25) is 14.9 Å². The topological polar surface area (TPSA) is 139 Å². The number of carbonyl (C=O) groups excluding carboxylic acids is 1. The number of nitro benzene ring substituents is 1. The first-order valence-electron chi connectivity index (χ1n) is 9.26. The van der Waals surface area contributed by atoms with E-state index >= 15 is 0 Å². The number of nitrogens with two attached hydrogens (primary N) is 1. The molecule has 0 bridgehead atoms. The van der Waals surface area contributed by atoms with Crippen molar-refractivity contribution in [3.8, 4) is 0 Å². The summed E-state index contributed by atoms with van der Waals surface area (Å²) in [6, 6.07) is 3.34. The summed E-state index contributed by atoms with van der Waals surface area (Å²) in [6.45, 7) is 3.98. The molecule has 0 aromatic heterocycles. The van der Waals surface area contributed by atoms with Crippen LogP contribution in [0.4, 0.5) is 11.4 Å². The number of piperazine rings is 1. The van der Waals surface area contributed by atoms with Gasteiger partial charge < -0.3 is 16.0 Å². The molecule has 0 unspecified atom stereocenters. The largest absolute Gasteiger partial charge is 0.368 e. The van der Waals surface area contributed by atoms with Crippen molar-refractivity contribution in [2.75, 3.05) is 37.6 Å². The number of nitrogens with zero attached hydrogens (tertiary/aromatic N) is 3. The molecular weight excluding hydrogens is 386 g/mol. The number of piperidine rings is 1. The standard InChI is InChI=1S/C17H25N5O5S/c1-12-4-7-21(8-5-12)28(26,27)13-2-3-15(16(10-13)22(24)25)20-9-6-19-14(11-20)17(18)23/h2-3,10,12,14,19H,4-9,11H2,1H3,(H2,18,23)/t14-/m0/s1. The van der Waals surface area contributed by atoms with Crippen molar-refractivity contribution >= 4 is 27.3 Å². The quantitative estimate of drug-likeness (QED) is 0.524. The smallest absolute Gasteiger partial charge is 0.293 e. The third-order valence-corrected chi connectivity index (χ3v) is 7.28. The summed E-state index contributed by atoms with van der Waals surface area (Å²) >= 11 is 0. The van der Waals surface area contributed by atoms with Crippen LogP contribution in [0.3, 0.4) is 0 Å². The van der Waals surface area contributed by atoms with Crippen LogP contribution in [-0.2, 0) is 14.8 Å². The molecule has 2 aliphatic rings. The predicted octanol–water partition coefficient (Wildman–Crippen LogP) is 0.279. The van der Waals surface area contributed by atoms with Gasteiger partial charge in [0, 0.05) is 38.8 Å². The minimum absolute atomic E-state index is 0.0842. The van der Waals surface area contributed by atoms with Crippen molar-refractivity contribution in [3.05, 3.63) is 28.3 Å². The molecule has 28 heavy (non-hydrogen) atoms. The molecule has 154 valence electrons. The number of primary amides is 1. The van der Waals surface area contributed by atoms with Gasteiger partial charge in [0.15, 0.2) is 0 Å². The molecule has 1 aromatic carbocycles. The summed E-state index contributed by atoms with van der Waals surface area (Å²) in [7, 11) is -3.79. The third-order valence-electron chi connectivity index (χ3n) is 5.38. The number of nitrogens with one attached hydrogen (secondary N) is 1. The van der Waals surface area contributed by atoms with Gasteiger partial charge in [0.25, 0.3) is 5.69 Å². The van der Waals surface area contributed by atoms with Gasteiger partial charge in [0.1, 0.15) is 11.7 Å². The normalized spacial score (nSPS) is 22.2. The first kappa shape index (κ1) is 20.5. The number of rotatable bonds is 5. The van der Waals surface area contributed by atoms with E-state index in [9.17, 15) is 23.3 Å². The Morgan fingerprint density at radius 3 is 2.57 bits per heavy atom. The molecule has 0 radical (unpaired) electrons. The van der Waals surface area contributed by atoms with Crippen LogP contribution in [-0.4, -0.2) is 62.3 Å². The highest BCUT2D eigenvalue weighted by atomic mass is 32.2. The Kier molecular flexibility index (Phi) is 5.87. The maximum absolute atomic E-state index is 12.9. The summed E-state index contributed by atoms with van der Waals surface area (Å²) in [5, 5.41) is 14.6. The molecule has 2 heterocycles. The molecule has 0 aliphatic carbocycles. The summed E-state index contributed by atoms with van der Waals surface area (Å²) in [4.78, 5) is 24.1. The third kappa shape index (κ3) is 4.10. The Labute approximate surface area is 163 Å². The highest BCUT2D eigenvalue weighted by Gasteiger charge is 2.32. The van der Waals surface area contributed by atoms with Crippen molar-refractivity contribution in [2.24, 2.45) is 11.7 Å². The van der Waals surface area contributed by atoms with Crippen LogP contribution in [0.15, 0.2) is 23.1 Å². The lowest BCUT2D eigenvalue weighted by molar-refractivity contribution is -0.384. The lowest BCUT2D eigenvalue weighted by atomic mass is 10.0. The first-order valence-corrected chi connectivity index (χ1v) is 10.7. The Morgan fingerprint density at radius 2 is 1.96 bits per heavy atom. The van der Waals surface area contributed by atoms with Crippen molar-refractivity contribution < 1.29 is 18.1 Å². The zero-order valence-electron chi connectivity index (χ0n) is 15.7. The van der Waals surface area contributed by atoms with Gasteiger partial charge in [0.2, 0.25) is 15.9 Å². The number of amides is 1. The van der Waals surface area contributed by atoms with Gasteiger partial charge in [-0.2, -0.15) is 4.31 Å². The molecule has 2 aliphatic heterocycles. The molecule has 3 rings (SSSR count). The maximum atomic E-state index is 12.9. The molecular formula is C17H25N5O5S. The summed E-state index contributed by atoms with van der Waals surface area (Å²) in [6.07, 6.45) is 1.55. The highest BCUT2D eigenvalue weighted by Crippen LogP contribution is 2.33. The van der Waals surface area contributed by atoms with E-state index in [0.717, 1.165) is 18.9 Å². The van der Waals surface area contributed by atoms with Crippen LogP contribution in [0.25, 0.3) is 0 Å². The van der Waals surface area contributed by atoms with Crippen LogP contribution < -0.4 is 16.0 Å². The number of benzene rings is 1. The van der Waals surface area contributed by atoms with Crippen molar-refractivity contribution in [3.63, 3.8) is 0 Å². The fourth-order valence-corrected chi connectivity index (χ4v) is 5.10. The molecule has 1 amide bonds. The van der Waals surface area contributed by atoms with E-state index in [-0.39, 0.29) is 22.8 Å². The first-order chi connectivity index (χ1) is 13.2. The van der Waals surface area contributed by atoms with E-state index in [0.29, 0.717) is 32.1 Å². The fourth-order valence-electron chi connectivity index (χ4n) is 3.61. The number of anilines is 1. The second kappa shape index (κ2) is 8.02. The summed E-state index contributed by atoms with van der Waals surface area (Å²) in [5.41, 5.74) is 5.32. The van der Waals surface area contributed by atoms with Crippen LogP contribution in [0.1, 0.15) is 19.8 Å². The molecule has 2 fully saturated rings. The monoisotopic (exact) mass is 411 g/mol. The number of hydrogen-bond donors (Lipinski definition) is 2. The van der Waals surface area contributed by atoms with Crippen LogP contribution in [0.5, 0.6) is 0 Å². The SMILES string of the molecule is CC1CCN(S(=O)(=O)c2ccc(N3CCN[C@H](C(N)=O)C3)c([N+](=O)[O-])c2)CC1. The van der Waals surface area contributed by atoms with E-state index in [1.807, 2.05) is 0 Å². The molecule has 0 saturated carbocycles. The van der Waals surface area contributed by atoms with Crippen LogP contribution in [0.2, 0.25) is 0 Å². The molecule has 1 aromatic rings. The Balaban J connectivity index is 1.91. The number of nitro groups is 1. The zero-order chi connectivity index (χ0) is 20.5. The fraction of sp³-hybridized carbons (Fsp3) is 0.588. The minimum atomic E-state index is -3.79.